The number of piperidine rings is 1. The number of carboxylic acid groups (broad SMARTS) is 1. The number of pyridine rings is 1. The van der Waals surface area contributed by atoms with Crippen LogP contribution in [0.4, 0.5) is 10.7 Å². The summed E-state index contributed by atoms with van der Waals surface area (Å²) in [6.07, 6.45) is 7.85. The first kappa shape index (κ1) is 50.5. The smallest absolute Gasteiger partial charge is 0.407 e. The van der Waals surface area contributed by atoms with E-state index in [4.69, 9.17) is 28.9 Å². The average Bonchev–Trinajstić information content (AvgIpc) is 4.14. The number of nitrogens with zero attached hydrogens (tertiary/aromatic N) is 7. The van der Waals surface area contributed by atoms with Crippen LogP contribution in [0.15, 0.2) is 125 Å². The lowest BCUT2D eigenvalue weighted by molar-refractivity contribution is -0.197. The fourth-order valence-electron chi connectivity index (χ4n) is 11.2. The highest BCUT2D eigenvalue weighted by Crippen LogP contribution is 2.45. The van der Waals surface area contributed by atoms with Gasteiger partial charge in [-0.15, -0.1) is 0 Å². The van der Waals surface area contributed by atoms with Gasteiger partial charge < -0.3 is 38.4 Å². The molecule has 16 nitrogen and oxygen atoms in total. The van der Waals surface area contributed by atoms with Gasteiger partial charge in [0.15, 0.2) is 11.9 Å². The number of fused-ring (bicyclic) bond motifs is 2. The number of rotatable bonds is 15. The zero-order chi connectivity index (χ0) is 52.0. The number of amides is 1. The molecule has 3 saturated heterocycles. The number of carbonyl (C=O) groups is 1. The average molecular weight is 1040 g/mol. The third kappa shape index (κ3) is 10.2. The van der Waals surface area contributed by atoms with Gasteiger partial charge in [-0.25, -0.2) is 27.2 Å². The maximum Gasteiger partial charge on any atom is 0.407 e. The highest BCUT2D eigenvalue weighted by Gasteiger charge is 2.46. The molecule has 3 aromatic heterocycles. The molecule has 6 heterocycles. The van der Waals surface area contributed by atoms with E-state index in [0.29, 0.717) is 78.6 Å². The van der Waals surface area contributed by atoms with Crippen LogP contribution in [0.5, 0.6) is 5.75 Å². The van der Waals surface area contributed by atoms with Gasteiger partial charge in [-0.3, -0.25) is 9.69 Å². The van der Waals surface area contributed by atoms with E-state index in [9.17, 15) is 23.1 Å². The van der Waals surface area contributed by atoms with Crippen LogP contribution in [-0.2, 0) is 43.5 Å². The largest absolute Gasteiger partial charge is 0.489 e. The number of hydrogen-bond acceptors (Lipinski definition) is 12. The molecule has 4 aromatic carbocycles. The second-order valence-electron chi connectivity index (χ2n) is 20.9. The second-order valence-corrected chi connectivity index (χ2v) is 22.7. The minimum atomic E-state index is -4.15. The summed E-state index contributed by atoms with van der Waals surface area (Å²) in [5, 5.41) is 11.0. The van der Waals surface area contributed by atoms with Gasteiger partial charge >= 0.3 is 6.09 Å². The normalized spacial score (nSPS) is 20.9. The van der Waals surface area contributed by atoms with Crippen molar-refractivity contribution in [2.75, 3.05) is 44.3 Å². The van der Waals surface area contributed by atoms with Crippen LogP contribution in [0.25, 0.3) is 32.9 Å². The molecule has 4 fully saturated rings. The van der Waals surface area contributed by atoms with Gasteiger partial charge in [0.1, 0.15) is 17.9 Å². The summed E-state index contributed by atoms with van der Waals surface area (Å²) >= 11 is 0. The van der Waals surface area contributed by atoms with Gasteiger partial charge in [0.25, 0.3) is 15.6 Å². The zero-order valence-electron chi connectivity index (χ0n) is 43.0. The standard InChI is InChI=1S/C58H65N7O9S/c1-38-16-21-47(22-17-38)75(69,70)65-29-26-48-50(35-61(4)55(66)53(48)65)42-18-23-51-49(31-42)54(60-56(59-51)62-27-24-44(25-28-62)63-33-40(3)64(57(67)68)34-39(63)2)58(74-45-19-20-45,37-73-52-15-8-9-30-71-52)43-13-10-14-46(32-43)72-36-41-11-6-5-7-12-41/h5-7,10-14,16-18,21-23,26,29,31-32,35,39-40,44-45,52H,8-9,15,19-20,24-25,27-28,30,33-34,36-37H2,1-4H3,(H,67,68)/t39-,40+,52?,58?/m0/s1. The van der Waals surface area contributed by atoms with Crippen molar-refractivity contribution in [2.24, 2.45) is 7.05 Å². The Morgan fingerprint density at radius 3 is 2.37 bits per heavy atom. The molecule has 17 heteroatoms. The fraction of sp³-hybridized carbons (Fsp3) is 0.414. The van der Waals surface area contributed by atoms with Gasteiger partial charge in [0.05, 0.1) is 28.8 Å². The highest BCUT2D eigenvalue weighted by atomic mass is 32.2. The molecule has 1 aliphatic carbocycles. The number of hydrogen-bond donors (Lipinski definition) is 1. The lowest BCUT2D eigenvalue weighted by atomic mass is 9.87. The SMILES string of the molecule is Cc1ccc(S(=O)(=O)n2ccc3c(-c4ccc5nc(N6CCC(N7C[C@@H](C)N(C(=O)O)C[C@@H]7C)CC6)nc(C(COC6CCCCO6)(OC6CC6)c6cccc(OCc7ccccc7)c6)c5c4)cn(C)c(=O)c32)cc1. The van der Waals surface area contributed by atoms with Crippen molar-refractivity contribution in [1.29, 1.82) is 0 Å². The van der Waals surface area contributed by atoms with E-state index in [-0.39, 0.29) is 41.2 Å². The highest BCUT2D eigenvalue weighted by molar-refractivity contribution is 7.90. The molecule has 75 heavy (non-hydrogen) atoms. The predicted molar refractivity (Wildman–Crippen MR) is 287 cm³/mol. The molecule has 0 radical (unpaired) electrons. The van der Waals surface area contributed by atoms with Crippen molar-refractivity contribution in [3.8, 4) is 16.9 Å². The maximum absolute atomic E-state index is 14.3. The maximum atomic E-state index is 14.3. The predicted octanol–water partition coefficient (Wildman–Crippen LogP) is 9.08. The molecule has 2 unspecified atom stereocenters. The van der Waals surface area contributed by atoms with Gasteiger partial charge in [0.2, 0.25) is 5.95 Å². The van der Waals surface area contributed by atoms with E-state index in [0.717, 1.165) is 71.2 Å². The van der Waals surface area contributed by atoms with Crippen molar-refractivity contribution in [3.05, 3.63) is 148 Å². The summed E-state index contributed by atoms with van der Waals surface area (Å²) in [6.45, 7) is 9.51. The Morgan fingerprint density at radius 1 is 0.853 bits per heavy atom. The fourth-order valence-corrected chi connectivity index (χ4v) is 12.5. The molecule has 1 amide bonds. The van der Waals surface area contributed by atoms with Crippen LogP contribution in [0, 0.1) is 6.92 Å². The lowest BCUT2D eigenvalue weighted by Crippen LogP contribution is -2.61. The lowest BCUT2D eigenvalue weighted by Gasteiger charge is -2.48. The third-order valence-corrected chi connectivity index (χ3v) is 17.2. The zero-order valence-corrected chi connectivity index (χ0v) is 43.8. The number of ether oxygens (including phenoxy) is 4. The van der Waals surface area contributed by atoms with Crippen molar-refractivity contribution < 1.29 is 37.3 Å². The summed E-state index contributed by atoms with van der Waals surface area (Å²) in [5.41, 5.74) is 3.64. The first-order chi connectivity index (χ1) is 36.3. The summed E-state index contributed by atoms with van der Waals surface area (Å²) in [7, 11) is -2.51. The molecular weight excluding hydrogens is 971 g/mol. The topological polar surface area (TPSA) is 171 Å². The Kier molecular flexibility index (Phi) is 14.0. The van der Waals surface area contributed by atoms with Crippen molar-refractivity contribution in [3.63, 3.8) is 0 Å². The van der Waals surface area contributed by atoms with Crippen molar-refractivity contribution in [2.45, 2.75) is 113 Å². The Bertz CT molecular complexity index is 3390. The Hall–Kier alpha value is -6.63. The van der Waals surface area contributed by atoms with Gasteiger partial charge in [0, 0.05) is 86.7 Å². The number of aromatic nitrogens is 4. The van der Waals surface area contributed by atoms with Gasteiger partial charge in [-0.2, -0.15) is 0 Å². The molecule has 3 aliphatic heterocycles. The molecule has 0 bridgehead atoms. The van der Waals surface area contributed by atoms with Gasteiger partial charge in [-0.05, 0) is 125 Å². The van der Waals surface area contributed by atoms with Crippen LogP contribution in [0.3, 0.4) is 0 Å². The molecule has 1 saturated carbocycles. The Morgan fingerprint density at radius 2 is 1.64 bits per heavy atom. The molecular formula is C58H65N7O9S. The summed E-state index contributed by atoms with van der Waals surface area (Å²) in [6, 6.07) is 32.5. The first-order valence-corrected chi connectivity index (χ1v) is 27.7. The van der Waals surface area contributed by atoms with E-state index in [1.807, 2.05) is 86.6 Å². The molecule has 1 N–H and O–H groups in total. The number of piperazine rings is 1. The third-order valence-electron chi connectivity index (χ3n) is 15.5. The van der Waals surface area contributed by atoms with E-state index in [2.05, 4.69) is 16.7 Å². The van der Waals surface area contributed by atoms with Crippen LogP contribution in [-0.4, -0.2) is 118 Å². The number of aryl methyl sites for hydroxylation is 2. The van der Waals surface area contributed by atoms with E-state index < -0.39 is 33.6 Å². The molecule has 4 aliphatic rings. The second kappa shape index (κ2) is 20.8. The van der Waals surface area contributed by atoms with E-state index in [1.165, 1.54) is 10.8 Å². The van der Waals surface area contributed by atoms with E-state index >= 15 is 0 Å². The number of anilines is 1. The minimum absolute atomic E-state index is 0.0399. The Labute approximate surface area is 437 Å². The quantitative estimate of drug-likeness (QED) is 0.103. The van der Waals surface area contributed by atoms with Crippen LogP contribution in [0.1, 0.15) is 81.2 Å². The summed E-state index contributed by atoms with van der Waals surface area (Å²) in [4.78, 5) is 43.5. The summed E-state index contributed by atoms with van der Waals surface area (Å²) in [5.74, 6) is 1.21. The molecule has 11 rings (SSSR count). The molecule has 0 spiro atoms. The van der Waals surface area contributed by atoms with Crippen LogP contribution in [0.2, 0.25) is 0 Å². The van der Waals surface area contributed by atoms with E-state index in [1.54, 1.807) is 48.5 Å². The number of benzene rings is 4. The molecule has 7 aromatic rings. The van der Waals surface area contributed by atoms with Crippen molar-refractivity contribution >= 4 is 43.9 Å². The Balaban J connectivity index is 1.06. The molecule has 392 valence electrons. The van der Waals surface area contributed by atoms with Crippen LogP contribution >= 0.6 is 0 Å². The summed E-state index contributed by atoms with van der Waals surface area (Å²) < 4.78 is 58.1. The first-order valence-electron chi connectivity index (χ1n) is 26.3. The minimum Gasteiger partial charge on any atom is -0.489 e. The molecule has 4 atom stereocenters. The van der Waals surface area contributed by atoms with Gasteiger partial charge in [-0.1, -0.05) is 66.2 Å². The van der Waals surface area contributed by atoms with Crippen LogP contribution < -0.4 is 15.2 Å². The van der Waals surface area contributed by atoms with Crippen molar-refractivity contribution in [1.82, 2.24) is 28.3 Å². The monoisotopic (exact) mass is 1040 g/mol.